The first-order valence-electron chi connectivity index (χ1n) is 14.8. The zero-order valence-electron chi connectivity index (χ0n) is 26.5. The molecule has 2 aromatic carbocycles. The number of hydrogen-bond donors (Lipinski definition) is 2. The molecule has 11 nitrogen and oxygen atoms in total. The van der Waals surface area contributed by atoms with Crippen LogP contribution in [0.15, 0.2) is 82.5 Å². The molecule has 14 heteroatoms. The number of aromatic nitrogens is 1. The molecule has 3 aromatic rings. The molecule has 3 heterocycles. The summed E-state index contributed by atoms with van der Waals surface area (Å²) in [7, 11) is 0. The van der Waals surface area contributed by atoms with Gasteiger partial charge >= 0.3 is 5.97 Å². The molecule has 246 valence electrons. The maximum Gasteiger partial charge on any atom is 0.350 e. The summed E-state index contributed by atoms with van der Waals surface area (Å²) in [6.07, 6.45) is -1.60. The molecule has 2 amide bonds. The lowest BCUT2D eigenvalue weighted by Gasteiger charge is -2.50. The lowest BCUT2D eigenvalue weighted by atomic mass is 10.0. The monoisotopic (exact) mass is 693 g/mol. The number of thioether (sulfide) groups is 1. The minimum atomic E-state index is -1.12. The number of rotatable bonds is 10. The van der Waals surface area contributed by atoms with Crippen LogP contribution in [-0.2, 0) is 28.7 Å². The number of thiocarbonyl (C=S) groups is 1. The Kier molecular flexibility index (Phi) is 10.3. The van der Waals surface area contributed by atoms with Gasteiger partial charge in [0, 0.05) is 11.1 Å². The Hall–Kier alpha value is -4.27. The molecule has 5 rings (SSSR count). The molecular weight excluding hydrogens is 659 g/mol. The number of hydrogen-bond acceptors (Lipinski definition) is 12. The second kappa shape index (κ2) is 14.2. The fraction of sp³-hybridized carbons (Fsp3) is 0.333. The van der Waals surface area contributed by atoms with Crippen molar-refractivity contribution in [3.8, 4) is 0 Å². The zero-order chi connectivity index (χ0) is 33.9. The summed E-state index contributed by atoms with van der Waals surface area (Å²) >= 11 is 8.43. The number of nitrogens with two attached hydrogens (primary N) is 1. The SMILES string of the molecule is CC1=C(C(=S)OC(c2ccccc2)c2ccccc2)N2C(=O)C(NC(=O)C(=NOC(C)C(=O)OC(C)(C)C)c3csc(N)n3)[C@H]2SC1. The van der Waals surface area contributed by atoms with Crippen molar-refractivity contribution >= 4 is 69.0 Å². The number of thiazole rings is 1. The number of ether oxygens (including phenoxy) is 2. The average Bonchev–Trinajstić information content (AvgIpc) is 3.47. The molecule has 1 aromatic heterocycles. The van der Waals surface area contributed by atoms with Gasteiger partial charge in [-0.3, -0.25) is 14.5 Å². The van der Waals surface area contributed by atoms with E-state index in [9.17, 15) is 14.4 Å². The third kappa shape index (κ3) is 7.83. The number of β-lactam (4-membered cyclic amide) rings is 1. The van der Waals surface area contributed by atoms with Crippen molar-refractivity contribution in [2.24, 2.45) is 5.16 Å². The second-order valence-corrected chi connectivity index (χ2v) is 14.3. The minimum Gasteiger partial charge on any atom is -0.469 e. The quantitative estimate of drug-likeness (QED) is 0.0980. The Bertz CT molecular complexity index is 1680. The molecule has 2 aliphatic heterocycles. The number of carbonyl (C=O) groups excluding carboxylic acids is 3. The fourth-order valence-corrected chi connectivity index (χ4v) is 7.09. The van der Waals surface area contributed by atoms with Gasteiger partial charge in [-0.15, -0.1) is 23.1 Å². The first-order valence-corrected chi connectivity index (χ1v) is 17.1. The standard InChI is InChI=1S/C33H35N5O6S3/c1-18-16-46-29-24(36-27(39)23(22-17-47-32(34)35-22)37-44-19(2)30(41)43-33(3,4)5)28(40)38(29)25(18)31(45)42-26(20-12-8-6-9-13-20)21-14-10-7-11-15-21/h6-15,17,19,24,26,29H,16H2,1-5H3,(H2,34,35)(H,36,39)/t19?,24?,29-/m1/s1. The number of nitrogens with one attached hydrogen (secondary N) is 1. The summed E-state index contributed by atoms with van der Waals surface area (Å²) in [6, 6.07) is 18.6. The fourth-order valence-electron chi connectivity index (χ4n) is 4.88. The number of esters is 1. The molecular formula is C33H35N5O6S3. The van der Waals surface area contributed by atoms with Crippen molar-refractivity contribution in [2.75, 3.05) is 11.5 Å². The largest absolute Gasteiger partial charge is 0.469 e. The van der Waals surface area contributed by atoms with Gasteiger partial charge in [0.25, 0.3) is 11.8 Å². The normalized spacial score (nSPS) is 18.6. The molecule has 0 aliphatic carbocycles. The van der Waals surface area contributed by atoms with Crippen LogP contribution in [0.25, 0.3) is 0 Å². The highest BCUT2D eigenvalue weighted by Crippen LogP contribution is 2.42. The van der Waals surface area contributed by atoms with Crippen LogP contribution < -0.4 is 11.1 Å². The van der Waals surface area contributed by atoms with E-state index in [0.717, 1.165) is 28.0 Å². The van der Waals surface area contributed by atoms with Gasteiger partial charge in [0.15, 0.2) is 10.8 Å². The van der Waals surface area contributed by atoms with E-state index in [-0.39, 0.29) is 27.5 Å². The van der Waals surface area contributed by atoms with E-state index in [1.54, 1.807) is 25.7 Å². The van der Waals surface area contributed by atoms with E-state index in [2.05, 4.69) is 15.5 Å². The van der Waals surface area contributed by atoms with Crippen molar-refractivity contribution in [1.29, 1.82) is 0 Å². The zero-order valence-corrected chi connectivity index (χ0v) is 28.9. The molecule has 3 atom stereocenters. The van der Waals surface area contributed by atoms with E-state index in [0.29, 0.717) is 11.4 Å². The average molecular weight is 694 g/mol. The van der Waals surface area contributed by atoms with Gasteiger partial charge < -0.3 is 25.4 Å². The Morgan fingerprint density at radius 2 is 1.72 bits per heavy atom. The van der Waals surface area contributed by atoms with Crippen molar-refractivity contribution in [1.82, 2.24) is 15.2 Å². The molecule has 1 fully saturated rings. The molecule has 0 saturated carbocycles. The predicted molar refractivity (Wildman–Crippen MR) is 186 cm³/mol. The van der Waals surface area contributed by atoms with E-state index < -0.39 is 41.1 Å². The summed E-state index contributed by atoms with van der Waals surface area (Å²) < 4.78 is 11.8. The lowest BCUT2D eigenvalue weighted by molar-refractivity contribution is -0.167. The van der Waals surface area contributed by atoms with Crippen LogP contribution >= 0.6 is 35.3 Å². The van der Waals surface area contributed by atoms with E-state index in [4.69, 9.17) is 32.3 Å². The van der Waals surface area contributed by atoms with Gasteiger partial charge in [0.1, 0.15) is 28.8 Å². The minimum absolute atomic E-state index is 0.139. The molecule has 47 heavy (non-hydrogen) atoms. The second-order valence-electron chi connectivity index (χ2n) is 11.9. The van der Waals surface area contributed by atoms with Gasteiger partial charge in [-0.25, -0.2) is 9.78 Å². The molecule has 2 aliphatic rings. The van der Waals surface area contributed by atoms with Gasteiger partial charge in [0.2, 0.25) is 11.2 Å². The Morgan fingerprint density at radius 1 is 1.11 bits per heavy atom. The van der Waals surface area contributed by atoms with Gasteiger partial charge in [-0.1, -0.05) is 65.8 Å². The molecule has 0 bridgehead atoms. The third-order valence-electron chi connectivity index (χ3n) is 7.09. The van der Waals surface area contributed by atoms with Crippen LogP contribution in [0.3, 0.4) is 0 Å². The summed E-state index contributed by atoms with van der Waals surface area (Å²) in [5, 5.41) is 8.21. The van der Waals surface area contributed by atoms with Gasteiger partial charge in [0.05, 0.1) is 5.70 Å². The highest BCUT2D eigenvalue weighted by atomic mass is 32.2. The van der Waals surface area contributed by atoms with Crippen molar-refractivity contribution < 1.29 is 28.7 Å². The number of anilines is 1. The maximum atomic E-state index is 13.7. The van der Waals surface area contributed by atoms with Crippen LogP contribution in [0.4, 0.5) is 5.13 Å². The number of benzene rings is 2. The molecule has 1 saturated heterocycles. The summed E-state index contributed by atoms with van der Waals surface area (Å²) in [5.41, 5.74) is 8.22. The van der Waals surface area contributed by atoms with Crippen molar-refractivity contribution in [2.45, 2.75) is 63.8 Å². The molecule has 3 N–H and O–H groups in total. The van der Waals surface area contributed by atoms with Gasteiger partial charge in [-0.05, 0) is 63.5 Å². The summed E-state index contributed by atoms with van der Waals surface area (Å²) in [6.45, 7) is 8.55. The van der Waals surface area contributed by atoms with Crippen molar-refractivity contribution in [3.05, 3.63) is 94.1 Å². The first-order chi connectivity index (χ1) is 22.3. The number of fused-ring (bicyclic) bond motifs is 1. The van der Waals surface area contributed by atoms with Crippen molar-refractivity contribution in [3.63, 3.8) is 0 Å². The van der Waals surface area contributed by atoms with E-state index in [1.165, 1.54) is 24.1 Å². The highest BCUT2D eigenvalue weighted by Gasteiger charge is 2.53. The maximum absolute atomic E-state index is 13.7. The molecule has 0 radical (unpaired) electrons. The summed E-state index contributed by atoms with van der Waals surface area (Å²) in [5.74, 6) is -1.16. The number of nitrogens with zero attached hydrogens (tertiary/aromatic N) is 3. The Labute approximate surface area is 286 Å². The Morgan fingerprint density at radius 3 is 2.28 bits per heavy atom. The number of nitrogen functional groups attached to an aromatic ring is 1. The topological polar surface area (TPSA) is 145 Å². The summed E-state index contributed by atoms with van der Waals surface area (Å²) in [4.78, 5) is 50.7. The number of oxime groups is 1. The third-order valence-corrected chi connectivity index (χ3v) is 9.48. The van der Waals surface area contributed by atoms with Crippen LogP contribution in [0.1, 0.15) is 57.5 Å². The van der Waals surface area contributed by atoms with Crippen LogP contribution in [0.5, 0.6) is 0 Å². The first kappa shape index (κ1) is 34.1. The number of carbonyl (C=O) groups is 3. The Balaban J connectivity index is 1.32. The molecule has 0 spiro atoms. The van der Waals surface area contributed by atoms with Crippen LogP contribution in [-0.4, -0.2) is 67.3 Å². The van der Waals surface area contributed by atoms with E-state index in [1.807, 2.05) is 67.6 Å². The van der Waals surface area contributed by atoms with Gasteiger partial charge in [-0.2, -0.15) is 0 Å². The highest BCUT2D eigenvalue weighted by molar-refractivity contribution is 8.00. The smallest absolute Gasteiger partial charge is 0.350 e. The van der Waals surface area contributed by atoms with Crippen LogP contribution in [0.2, 0.25) is 0 Å². The molecule has 2 unspecified atom stereocenters. The van der Waals surface area contributed by atoms with E-state index >= 15 is 0 Å². The predicted octanol–water partition coefficient (Wildman–Crippen LogP) is 4.98. The number of amides is 2. The lowest BCUT2D eigenvalue weighted by Crippen LogP contribution is -2.71. The van der Waals surface area contributed by atoms with Crippen LogP contribution in [0, 0.1) is 0 Å².